The summed E-state index contributed by atoms with van der Waals surface area (Å²) < 4.78 is 14.4. The third-order valence-electron chi connectivity index (χ3n) is 2.65. The molecule has 0 aliphatic rings. The molecular formula is C12H14FN5O. The Bertz CT molecular complexity index is 623. The summed E-state index contributed by atoms with van der Waals surface area (Å²) in [5.41, 5.74) is 6.98. The molecule has 2 aromatic heterocycles. The number of nitrogens with two attached hydrogens (primary N) is 1. The molecule has 0 saturated heterocycles. The van der Waals surface area contributed by atoms with Crippen molar-refractivity contribution in [2.24, 2.45) is 0 Å². The van der Waals surface area contributed by atoms with Gasteiger partial charge in [0.05, 0.1) is 11.4 Å². The van der Waals surface area contributed by atoms with Gasteiger partial charge in [-0.3, -0.25) is 9.48 Å². The number of anilines is 2. The zero-order valence-corrected chi connectivity index (χ0v) is 10.6. The van der Waals surface area contributed by atoms with Crippen molar-refractivity contribution in [1.29, 1.82) is 0 Å². The first-order valence-electron chi connectivity index (χ1n) is 5.79. The van der Waals surface area contributed by atoms with Gasteiger partial charge < -0.3 is 11.1 Å². The van der Waals surface area contributed by atoms with Crippen LogP contribution < -0.4 is 11.1 Å². The minimum Gasteiger partial charge on any atom is -0.395 e. The van der Waals surface area contributed by atoms with E-state index in [9.17, 15) is 9.18 Å². The van der Waals surface area contributed by atoms with Gasteiger partial charge in [0.1, 0.15) is 11.5 Å². The van der Waals surface area contributed by atoms with Crippen LogP contribution in [-0.2, 0) is 6.54 Å². The van der Waals surface area contributed by atoms with Crippen LogP contribution in [0.3, 0.4) is 0 Å². The predicted octanol–water partition coefficient (Wildman–Crippen LogP) is 1.58. The van der Waals surface area contributed by atoms with Gasteiger partial charge in [-0.1, -0.05) is 6.07 Å². The SMILES string of the molecule is CCn1nc(C)c(N)c1C(=O)Nc1cccc(F)n1. The second-order valence-corrected chi connectivity index (χ2v) is 3.96. The van der Waals surface area contributed by atoms with E-state index >= 15 is 0 Å². The number of aromatic nitrogens is 3. The van der Waals surface area contributed by atoms with Crippen LogP contribution in [0, 0.1) is 12.9 Å². The molecule has 0 spiro atoms. The highest BCUT2D eigenvalue weighted by atomic mass is 19.1. The van der Waals surface area contributed by atoms with Crippen LogP contribution in [0.1, 0.15) is 23.1 Å². The molecule has 0 bridgehead atoms. The van der Waals surface area contributed by atoms with Crippen molar-refractivity contribution in [2.75, 3.05) is 11.1 Å². The summed E-state index contributed by atoms with van der Waals surface area (Å²) in [5.74, 6) is -0.991. The van der Waals surface area contributed by atoms with Gasteiger partial charge in [-0.05, 0) is 26.0 Å². The lowest BCUT2D eigenvalue weighted by Crippen LogP contribution is -2.19. The molecule has 19 heavy (non-hydrogen) atoms. The average molecular weight is 263 g/mol. The van der Waals surface area contributed by atoms with E-state index in [2.05, 4.69) is 15.4 Å². The smallest absolute Gasteiger partial charge is 0.277 e. The molecule has 0 radical (unpaired) electrons. The van der Waals surface area contributed by atoms with Crippen molar-refractivity contribution in [3.05, 3.63) is 35.5 Å². The van der Waals surface area contributed by atoms with Gasteiger partial charge in [0, 0.05) is 6.54 Å². The van der Waals surface area contributed by atoms with Gasteiger partial charge >= 0.3 is 0 Å². The molecule has 0 aliphatic heterocycles. The van der Waals surface area contributed by atoms with E-state index in [1.807, 2.05) is 6.92 Å². The molecule has 0 fully saturated rings. The van der Waals surface area contributed by atoms with Crippen molar-refractivity contribution >= 4 is 17.4 Å². The molecule has 2 heterocycles. The highest BCUT2D eigenvalue weighted by molar-refractivity contribution is 6.06. The maximum atomic E-state index is 12.9. The molecule has 7 heteroatoms. The number of pyridine rings is 1. The van der Waals surface area contributed by atoms with E-state index in [0.717, 1.165) is 0 Å². The lowest BCUT2D eigenvalue weighted by Gasteiger charge is -2.06. The number of nitrogen functional groups attached to an aromatic ring is 1. The summed E-state index contributed by atoms with van der Waals surface area (Å²) in [5, 5.41) is 6.64. The first-order valence-corrected chi connectivity index (χ1v) is 5.79. The number of carbonyl (C=O) groups is 1. The molecule has 2 aromatic rings. The second kappa shape index (κ2) is 5.05. The topological polar surface area (TPSA) is 85.8 Å². The summed E-state index contributed by atoms with van der Waals surface area (Å²) in [7, 11) is 0. The minimum atomic E-state index is -0.661. The Labute approximate surface area is 109 Å². The molecule has 1 amide bonds. The summed E-state index contributed by atoms with van der Waals surface area (Å²) >= 11 is 0. The van der Waals surface area contributed by atoms with E-state index in [1.165, 1.54) is 22.9 Å². The molecule has 0 aliphatic carbocycles. The first kappa shape index (κ1) is 13.0. The minimum absolute atomic E-state index is 0.130. The van der Waals surface area contributed by atoms with Gasteiger partial charge in [-0.15, -0.1) is 0 Å². The molecule has 0 atom stereocenters. The van der Waals surface area contributed by atoms with E-state index < -0.39 is 11.9 Å². The Morgan fingerprint density at radius 2 is 2.26 bits per heavy atom. The van der Waals surface area contributed by atoms with Crippen molar-refractivity contribution in [2.45, 2.75) is 20.4 Å². The predicted molar refractivity (Wildman–Crippen MR) is 69.2 cm³/mol. The summed E-state index contributed by atoms with van der Waals surface area (Å²) in [4.78, 5) is 15.7. The van der Waals surface area contributed by atoms with Gasteiger partial charge in [0.15, 0.2) is 0 Å². The highest BCUT2D eigenvalue weighted by Crippen LogP contribution is 2.17. The number of nitrogens with one attached hydrogen (secondary N) is 1. The zero-order chi connectivity index (χ0) is 14.0. The van der Waals surface area contributed by atoms with E-state index in [4.69, 9.17) is 5.73 Å². The van der Waals surface area contributed by atoms with E-state index in [0.29, 0.717) is 17.9 Å². The third-order valence-corrected chi connectivity index (χ3v) is 2.65. The largest absolute Gasteiger partial charge is 0.395 e. The van der Waals surface area contributed by atoms with Gasteiger partial charge in [-0.2, -0.15) is 9.49 Å². The Hall–Kier alpha value is -2.44. The van der Waals surface area contributed by atoms with Crippen LogP contribution >= 0.6 is 0 Å². The van der Waals surface area contributed by atoms with Crippen molar-refractivity contribution in [3.8, 4) is 0 Å². The van der Waals surface area contributed by atoms with Crippen LogP contribution in [0.15, 0.2) is 18.2 Å². The molecule has 100 valence electrons. The normalized spacial score (nSPS) is 10.5. The Morgan fingerprint density at radius 3 is 2.89 bits per heavy atom. The van der Waals surface area contributed by atoms with Crippen LogP contribution in [0.4, 0.5) is 15.9 Å². The van der Waals surface area contributed by atoms with E-state index in [1.54, 1.807) is 6.92 Å². The monoisotopic (exact) mass is 263 g/mol. The summed E-state index contributed by atoms with van der Waals surface area (Å²) in [6.45, 7) is 4.08. The third kappa shape index (κ3) is 2.54. The first-order chi connectivity index (χ1) is 9.02. The molecule has 6 nitrogen and oxygen atoms in total. The fourth-order valence-corrected chi connectivity index (χ4v) is 1.72. The maximum Gasteiger partial charge on any atom is 0.277 e. The van der Waals surface area contributed by atoms with Crippen molar-refractivity contribution in [1.82, 2.24) is 14.8 Å². The van der Waals surface area contributed by atoms with Crippen molar-refractivity contribution < 1.29 is 9.18 Å². The van der Waals surface area contributed by atoms with Crippen LogP contribution in [0.5, 0.6) is 0 Å². The fraction of sp³-hybridized carbons (Fsp3) is 0.250. The quantitative estimate of drug-likeness (QED) is 0.823. The summed E-state index contributed by atoms with van der Waals surface area (Å²) in [6.07, 6.45) is 0. The molecule has 0 unspecified atom stereocenters. The zero-order valence-electron chi connectivity index (χ0n) is 10.6. The molecule has 3 N–H and O–H groups in total. The average Bonchev–Trinajstić information content (AvgIpc) is 2.65. The number of hydrogen-bond acceptors (Lipinski definition) is 4. The van der Waals surface area contributed by atoms with Gasteiger partial charge in [-0.25, -0.2) is 4.98 Å². The molecule has 2 rings (SSSR count). The molecule has 0 saturated carbocycles. The number of amides is 1. The fourth-order valence-electron chi connectivity index (χ4n) is 1.72. The van der Waals surface area contributed by atoms with Crippen LogP contribution in [-0.4, -0.2) is 20.7 Å². The van der Waals surface area contributed by atoms with Gasteiger partial charge in [0.25, 0.3) is 5.91 Å². The number of halogens is 1. The standard InChI is InChI=1S/C12H14FN5O/c1-3-18-11(10(14)7(2)17-18)12(19)16-9-6-4-5-8(13)15-9/h4-6H,3,14H2,1-2H3,(H,15,16,19). The molecular weight excluding hydrogens is 249 g/mol. The number of nitrogens with zero attached hydrogens (tertiary/aromatic N) is 3. The lowest BCUT2D eigenvalue weighted by atomic mass is 10.3. The Morgan fingerprint density at radius 1 is 1.53 bits per heavy atom. The maximum absolute atomic E-state index is 12.9. The Kier molecular flexibility index (Phi) is 3.46. The van der Waals surface area contributed by atoms with Gasteiger partial charge in [0.2, 0.25) is 5.95 Å². The number of aryl methyl sites for hydroxylation is 2. The molecule has 0 aromatic carbocycles. The van der Waals surface area contributed by atoms with Crippen LogP contribution in [0.25, 0.3) is 0 Å². The van der Waals surface area contributed by atoms with Crippen molar-refractivity contribution in [3.63, 3.8) is 0 Å². The van der Waals surface area contributed by atoms with E-state index in [-0.39, 0.29) is 11.5 Å². The van der Waals surface area contributed by atoms with Crippen LogP contribution in [0.2, 0.25) is 0 Å². The number of carbonyl (C=O) groups excluding carboxylic acids is 1. The number of rotatable bonds is 3. The lowest BCUT2D eigenvalue weighted by molar-refractivity contribution is 0.101. The second-order valence-electron chi connectivity index (χ2n) is 3.96. The number of hydrogen-bond donors (Lipinski definition) is 2. The Balaban J connectivity index is 2.30. The highest BCUT2D eigenvalue weighted by Gasteiger charge is 2.19. The summed E-state index contributed by atoms with van der Waals surface area (Å²) in [6, 6.07) is 4.16.